The zero-order valence-electron chi connectivity index (χ0n) is 17.8. The van der Waals surface area contributed by atoms with E-state index in [0.717, 1.165) is 22.3 Å². The maximum Gasteiger partial charge on any atom is 0.265 e. The first kappa shape index (κ1) is 23.1. The number of halogens is 1. The molecule has 0 aliphatic rings. The van der Waals surface area contributed by atoms with Crippen molar-refractivity contribution in [2.24, 2.45) is 5.84 Å². The fraction of sp³-hybridized carbons (Fsp3) is 0.0400. The number of pyridine rings is 2. The molecule has 3 heterocycles. The molecular formula is C25H20ClN5O3. The van der Waals surface area contributed by atoms with Crippen LogP contribution in [0, 0.1) is 0 Å². The Morgan fingerprint density at radius 2 is 1.53 bits per heavy atom. The number of carbonyl (C=O) groups excluding carboxylic acids is 1. The SMILES string of the molecule is Cl.NNC(=O)c1cc(-c2ccc(-c3ccc(-c4cc(CO)on4)cc3)cc2)nc2ccncc12. The highest BCUT2D eigenvalue weighted by atomic mass is 35.5. The lowest BCUT2D eigenvalue weighted by Gasteiger charge is -2.09. The van der Waals surface area contributed by atoms with Crippen molar-refractivity contribution in [2.45, 2.75) is 6.61 Å². The molecule has 5 aromatic rings. The zero-order chi connectivity index (χ0) is 22.8. The molecule has 1 amide bonds. The third kappa shape index (κ3) is 4.38. The fourth-order valence-electron chi connectivity index (χ4n) is 3.67. The molecule has 0 atom stereocenters. The summed E-state index contributed by atoms with van der Waals surface area (Å²) in [6, 6.07) is 21.1. The number of nitrogens with two attached hydrogens (primary N) is 1. The van der Waals surface area contributed by atoms with Gasteiger partial charge in [-0.05, 0) is 23.3 Å². The number of rotatable bonds is 5. The van der Waals surface area contributed by atoms with Crippen molar-refractivity contribution in [1.29, 1.82) is 0 Å². The molecule has 0 unspecified atom stereocenters. The minimum Gasteiger partial charge on any atom is -0.388 e. The summed E-state index contributed by atoms with van der Waals surface area (Å²) in [7, 11) is 0. The van der Waals surface area contributed by atoms with Crippen LogP contribution in [0.5, 0.6) is 0 Å². The minimum absolute atomic E-state index is 0. The molecule has 3 aromatic heterocycles. The van der Waals surface area contributed by atoms with E-state index in [2.05, 4.69) is 20.6 Å². The Labute approximate surface area is 200 Å². The van der Waals surface area contributed by atoms with Gasteiger partial charge in [0.05, 0.1) is 16.8 Å². The Hall–Kier alpha value is -4.11. The molecule has 0 aliphatic carbocycles. The molecule has 0 fully saturated rings. The zero-order valence-corrected chi connectivity index (χ0v) is 18.6. The van der Waals surface area contributed by atoms with Gasteiger partial charge in [0.2, 0.25) is 0 Å². The molecule has 0 radical (unpaired) electrons. The van der Waals surface area contributed by atoms with Crippen molar-refractivity contribution >= 4 is 29.2 Å². The van der Waals surface area contributed by atoms with Crippen molar-refractivity contribution in [1.82, 2.24) is 20.6 Å². The van der Waals surface area contributed by atoms with Crippen LogP contribution >= 0.6 is 12.4 Å². The van der Waals surface area contributed by atoms with E-state index in [0.29, 0.717) is 33.6 Å². The fourth-order valence-corrected chi connectivity index (χ4v) is 3.67. The van der Waals surface area contributed by atoms with Crippen molar-refractivity contribution in [3.63, 3.8) is 0 Å². The first-order valence-corrected chi connectivity index (χ1v) is 10.2. The highest BCUT2D eigenvalue weighted by molar-refractivity contribution is 6.06. The highest BCUT2D eigenvalue weighted by Crippen LogP contribution is 2.29. The number of hydrogen-bond donors (Lipinski definition) is 3. The molecule has 9 heteroatoms. The first-order chi connectivity index (χ1) is 16.2. The number of hydrazine groups is 1. The van der Waals surface area contributed by atoms with Gasteiger partial charge in [-0.15, -0.1) is 12.4 Å². The molecule has 0 saturated heterocycles. The number of amides is 1. The largest absolute Gasteiger partial charge is 0.388 e. The van der Waals surface area contributed by atoms with E-state index in [4.69, 9.17) is 15.5 Å². The number of nitrogen functional groups attached to an aromatic ring is 1. The monoisotopic (exact) mass is 473 g/mol. The molecule has 0 saturated carbocycles. The van der Waals surface area contributed by atoms with Crippen molar-refractivity contribution in [2.75, 3.05) is 0 Å². The quantitative estimate of drug-likeness (QED) is 0.199. The lowest BCUT2D eigenvalue weighted by atomic mass is 9.99. The molecule has 0 bridgehead atoms. The van der Waals surface area contributed by atoms with Crippen molar-refractivity contribution in [3.05, 3.63) is 90.4 Å². The van der Waals surface area contributed by atoms with Gasteiger partial charge >= 0.3 is 0 Å². The molecule has 170 valence electrons. The van der Waals surface area contributed by atoms with Crippen LogP contribution in [0.2, 0.25) is 0 Å². The van der Waals surface area contributed by atoms with Gasteiger partial charge in [-0.1, -0.05) is 53.7 Å². The number of aliphatic hydroxyl groups is 1. The maximum absolute atomic E-state index is 12.3. The Morgan fingerprint density at radius 1 is 0.912 bits per heavy atom. The lowest BCUT2D eigenvalue weighted by Crippen LogP contribution is -2.30. The molecule has 8 nitrogen and oxygen atoms in total. The Balaban J connectivity index is 0.00000274. The smallest absolute Gasteiger partial charge is 0.265 e. The average Bonchev–Trinajstić information content (AvgIpc) is 3.37. The van der Waals surface area contributed by atoms with Gasteiger partial charge in [0.15, 0.2) is 5.76 Å². The van der Waals surface area contributed by atoms with E-state index in [1.165, 1.54) is 0 Å². The van der Waals surface area contributed by atoms with Gasteiger partial charge in [0, 0.05) is 35.0 Å². The standard InChI is InChI=1S/C25H19N5O3.ClH/c26-29-25(32)20-12-23(28-22-9-10-27-13-21(20)22)17-5-1-15(2-6-17)16-3-7-18(8-4-16)24-11-19(14-31)33-30-24;/h1-13,31H,14,26H2,(H,29,32);1H. The predicted octanol–water partition coefficient (Wildman–Crippen LogP) is 4.14. The van der Waals surface area contributed by atoms with Gasteiger partial charge in [0.25, 0.3) is 5.91 Å². The average molecular weight is 474 g/mol. The Bertz CT molecular complexity index is 1450. The molecule has 34 heavy (non-hydrogen) atoms. The second kappa shape index (κ2) is 9.80. The molecule has 4 N–H and O–H groups in total. The van der Waals surface area contributed by atoms with Gasteiger partial charge in [-0.2, -0.15) is 0 Å². The second-order valence-corrected chi connectivity index (χ2v) is 7.41. The summed E-state index contributed by atoms with van der Waals surface area (Å²) < 4.78 is 5.05. The van der Waals surface area contributed by atoms with E-state index in [1.807, 2.05) is 48.5 Å². The molecule has 2 aromatic carbocycles. The molecule has 0 spiro atoms. The summed E-state index contributed by atoms with van der Waals surface area (Å²) in [6.07, 6.45) is 3.24. The van der Waals surface area contributed by atoms with E-state index < -0.39 is 5.91 Å². The van der Waals surface area contributed by atoms with Crippen LogP contribution < -0.4 is 11.3 Å². The van der Waals surface area contributed by atoms with Crippen LogP contribution in [0.3, 0.4) is 0 Å². The van der Waals surface area contributed by atoms with Crippen LogP contribution in [0.4, 0.5) is 0 Å². The number of benzene rings is 2. The van der Waals surface area contributed by atoms with Gasteiger partial charge < -0.3 is 9.63 Å². The third-order valence-electron chi connectivity index (χ3n) is 5.40. The van der Waals surface area contributed by atoms with Crippen LogP contribution in [0.15, 0.2) is 83.6 Å². The van der Waals surface area contributed by atoms with E-state index in [9.17, 15) is 4.79 Å². The second-order valence-electron chi connectivity index (χ2n) is 7.41. The maximum atomic E-state index is 12.3. The molecule has 5 rings (SSSR count). The Kier molecular flexibility index (Phi) is 6.65. The summed E-state index contributed by atoms with van der Waals surface area (Å²) in [6.45, 7) is -0.182. The number of carbonyl (C=O) groups is 1. The van der Waals surface area contributed by atoms with E-state index in [-0.39, 0.29) is 19.0 Å². The number of hydrogen-bond acceptors (Lipinski definition) is 7. The van der Waals surface area contributed by atoms with Crippen molar-refractivity contribution in [3.8, 4) is 33.6 Å². The van der Waals surface area contributed by atoms with E-state index in [1.54, 1.807) is 30.6 Å². The van der Waals surface area contributed by atoms with Gasteiger partial charge in [-0.25, -0.2) is 10.8 Å². The number of nitrogens with one attached hydrogen (secondary N) is 1. The summed E-state index contributed by atoms with van der Waals surface area (Å²) in [4.78, 5) is 21.1. The highest BCUT2D eigenvalue weighted by Gasteiger charge is 2.13. The third-order valence-corrected chi connectivity index (χ3v) is 5.40. The normalized spacial score (nSPS) is 10.6. The topological polar surface area (TPSA) is 127 Å². The summed E-state index contributed by atoms with van der Waals surface area (Å²) in [5.74, 6) is 5.39. The number of nitrogens with zero attached hydrogens (tertiary/aromatic N) is 3. The summed E-state index contributed by atoms with van der Waals surface area (Å²) in [5.41, 5.74) is 8.46. The number of aromatic nitrogens is 3. The van der Waals surface area contributed by atoms with E-state index >= 15 is 0 Å². The predicted molar refractivity (Wildman–Crippen MR) is 131 cm³/mol. The number of aliphatic hydroxyl groups excluding tert-OH is 1. The summed E-state index contributed by atoms with van der Waals surface area (Å²) >= 11 is 0. The number of fused-ring (bicyclic) bond motifs is 1. The molecule has 0 aliphatic heterocycles. The van der Waals surface area contributed by atoms with Crippen LogP contribution in [-0.2, 0) is 6.61 Å². The van der Waals surface area contributed by atoms with Crippen LogP contribution in [-0.4, -0.2) is 26.1 Å². The summed E-state index contributed by atoms with van der Waals surface area (Å²) in [5, 5.41) is 13.7. The Morgan fingerprint density at radius 3 is 2.12 bits per heavy atom. The first-order valence-electron chi connectivity index (χ1n) is 10.2. The minimum atomic E-state index is -0.397. The van der Waals surface area contributed by atoms with Gasteiger partial charge in [-0.3, -0.25) is 15.2 Å². The van der Waals surface area contributed by atoms with Gasteiger partial charge in [0.1, 0.15) is 12.3 Å². The lowest BCUT2D eigenvalue weighted by molar-refractivity contribution is 0.0955. The van der Waals surface area contributed by atoms with Crippen LogP contribution in [0.1, 0.15) is 16.1 Å². The van der Waals surface area contributed by atoms with Crippen LogP contribution in [0.25, 0.3) is 44.5 Å². The molecular weight excluding hydrogens is 454 g/mol. The van der Waals surface area contributed by atoms with Crippen molar-refractivity contribution < 1.29 is 14.4 Å².